The molecule has 1 atom stereocenters. The van der Waals surface area contributed by atoms with Crippen LogP contribution in [0.1, 0.15) is 12.1 Å². The number of aliphatic hydroxyl groups is 1. The zero-order valence-electron chi connectivity index (χ0n) is 8.98. The third-order valence-corrected chi connectivity index (χ3v) is 2.89. The SMILES string of the molecule is Cc1ccc(N)c(N2CCC(CO)C2)n1. The normalized spacial score (nSPS) is 20.9. The van der Waals surface area contributed by atoms with Crippen LogP contribution in [-0.2, 0) is 0 Å². The number of aryl methyl sites for hydroxylation is 1. The van der Waals surface area contributed by atoms with E-state index in [2.05, 4.69) is 9.88 Å². The summed E-state index contributed by atoms with van der Waals surface area (Å²) in [6.07, 6.45) is 1.02. The minimum absolute atomic E-state index is 0.252. The fraction of sp³-hybridized carbons (Fsp3) is 0.545. The number of hydrogen-bond acceptors (Lipinski definition) is 4. The van der Waals surface area contributed by atoms with Gasteiger partial charge in [0, 0.05) is 31.3 Å². The van der Waals surface area contributed by atoms with E-state index in [0.717, 1.165) is 36.7 Å². The zero-order chi connectivity index (χ0) is 10.8. The molecule has 0 aromatic carbocycles. The molecule has 2 rings (SSSR count). The van der Waals surface area contributed by atoms with Crippen LogP contribution >= 0.6 is 0 Å². The molecular formula is C11H17N3O. The Labute approximate surface area is 89.7 Å². The highest BCUT2D eigenvalue weighted by molar-refractivity contribution is 5.63. The van der Waals surface area contributed by atoms with Gasteiger partial charge in [-0.3, -0.25) is 0 Å². The summed E-state index contributed by atoms with van der Waals surface area (Å²) in [4.78, 5) is 6.60. The van der Waals surface area contributed by atoms with Gasteiger partial charge in [-0.1, -0.05) is 0 Å². The molecule has 1 aromatic heterocycles. The van der Waals surface area contributed by atoms with Gasteiger partial charge in [-0.25, -0.2) is 4.98 Å². The predicted octanol–water partition coefficient (Wildman–Crippen LogP) is 0.791. The third-order valence-electron chi connectivity index (χ3n) is 2.89. The van der Waals surface area contributed by atoms with Gasteiger partial charge in [0.2, 0.25) is 0 Å². The highest BCUT2D eigenvalue weighted by Gasteiger charge is 2.23. The fourth-order valence-corrected chi connectivity index (χ4v) is 1.98. The molecule has 1 unspecified atom stereocenters. The van der Waals surface area contributed by atoms with Crippen molar-refractivity contribution in [3.63, 3.8) is 0 Å². The lowest BCUT2D eigenvalue weighted by Gasteiger charge is -2.19. The highest BCUT2D eigenvalue weighted by atomic mass is 16.3. The van der Waals surface area contributed by atoms with Gasteiger partial charge >= 0.3 is 0 Å². The summed E-state index contributed by atoms with van der Waals surface area (Å²) in [5.74, 6) is 1.23. The number of aliphatic hydroxyl groups excluding tert-OH is 1. The second kappa shape index (κ2) is 4.06. The Morgan fingerprint density at radius 2 is 2.40 bits per heavy atom. The lowest BCUT2D eigenvalue weighted by molar-refractivity contribution is 0.238. The van der Waals surface area contributed by atoms with E-state index in [4.69, 9.17) is 10.8 Å². The molecule has 0 bridgehead atoms. The molecule has 0 radical (unpaired) electrons. The first kappa shape index (κ1) is 10.2. The van der Waals surface area contributed by atoms with Crippen molar-refractivity contribution < 1.29 is 5.11 Å². The highest BCUT2D eigenvalue weighted by Crippen LogP contribution is 2.26. The topological polar surface area (TPSA) is 62.4 Å². The van der Waals surface area contributed by atoms with Gasteiger partial charge in [0.15, 0.2) is 5.82 Å². The Balaban J connectivity index is 2.19. The molecule has 0 aliphatic carbocycles. The molecule has 1 aromatic rings. The van der Waals surface area contributed by atoms with Crippen LogP contribution in [0.25, 0.3) is 0 Å². The van der Waals surface area contributed by atoms with Gasteiger partial charge in [0.05, 0.1) is 5.69 Å². The summed E-state index contributed by atoms with van der Waals surface area (Å²) in [6.45, 7) is 4.01. The van der Waals surface area contributed by atoms with E-state index < -0.39 is 0 Å². The minimum atomic E-state index is 0.252. The summed E-state index contributed by atoms with van der Waals surface area (Å²) >= 11 is 0. The smallest absolute Gasteiger partial charge is 0.152 e. The van der Waals surface area contributed by atoms with Crippen LogP contribution in [0.4, 0.5) is 11.5 Å². The van der Waals surface area contributed by atoms with Crippen LogP contribution in [0, 0.1) is 12.8 Å². The number of aromatic nitrogens is 1. The van der Waals surface area contributed by atoms with Gasteiger partial charge in [0.1, 0.15) is 0 Å². The van der Waals surface area contributed by atoms with Crippen molar-refractivity contribution in [2.24, 2.45) is 5.92 Å². The Hall–Kier alpha value is -1.29. The summed E-state index contributed by atoms with van der Waals surface area (Å²) in [7, 11) is 0. The van der Waals surface area contributed by atoms with E-state index >= 15 is 0 Å². The van der Waals surface area contributed by atoms with Crippen LogP contribution in [0.15, 0.2) is 12.1 Å². The molecular weight excluding hydrogens is 190 g/mol. The number of hydrogen-bond donors (Lipinski definition) is 2. The summed E-state index contributed by atoms with van der Waals surface area (Å²) < 4.78 is 0. The number of nitrogen functional groups attached to an aromatic ring is 1. The monoisotopic (exact) mass is 207 g/mol. The molecule has 0 saturated carbocycles. The van der Waals surface area contributed by atoms with E-state index in [1.165, 1.54) is 0 Å². The number of nitrogens with zero attached hydrogens (tertiary/aromatic N) is 2. The van der Waals surface area contributed by atoms with Gasteiger partial charge in [-0.15, -0.1) is 0 Å². The lowest BCUT2D eigenvalue weighted by Crippen LogP contribution is -2.23. The Bertz CT molecular complexity index is 354. The molecule has 1 fully saturated rings. The number of rotatable bonds is 2. The van der Waals surface area contributed by atoms with Crippen molar-refractivity contribution in [3.8, 4) is 0 Å². The largest absolute Gasteiger partial charge is 0.396 e. The van der Waals surface area contributed by atoms with Crippen molar-refractivity contribution >= 4 is 11.5 Å². The molecule has 3 N–H and O–H groups in total. The average Bonchev–Trinajstić information content (AvgIpc) is 2.70. The van der Waals surface area contributed by atoms with Crippen LogP contribution in [0.5, 0.6) is 0 Å². The van der Waals surface area contributed by atoms with Gasteiger partial charge in [-0.05, 0) is 25.5 Å². The van der Waals surface area contributed by atoms with Crippen LogP contribution in [0.2, 0.25) is 0 Å². The first-order chi connectivity index (χ1) is 7.20. The van der Waals surface area contributed by atoms with E-state index in [0.29, 0.717) is 5.92 Å². The maximum atomic E-state index is 9.08. The fourth-order valence-electron chi connectivity index (χ4n) is 1.98. The van der Waals surface area contributed by atoms with Crippen molar-refractivity contribution in [1.29, 1.82) is 0 Å². The van der Waals surface area contributed by atoms with Crippen molar-refractivity contribution in [2.75, 3.05) is 30.3 Å². The standard InChI is InChI=1S/C11H17N3O/c1-8-2-3-10(12)11(13-8)14-5-4-9(6-14)7-15/h2-3,9,15H,4-7,12H2,1H3. The van der Waals surface area contributed by atoms with E-state index in [9.17, 15) is 0 Å². The van der Waals surface area contributed by atoms with Gasteiger partial charge < -0.3 is 15.7 Å². The van der Waals surface area contributed by atoms with Crippen molar-refractivity contribution in [3.05, 3.63) is 17.8 Å². The molecule has 4 heteroatoms. The third kappa shape index (κ3) is 2.04. The Kier molecular flexibility index (Phi) is 2.77. The number of pyridine rings is 1. The van der Waals surface area contributed by atoms with E-state index in [1.54, 1.807) is 0 Å². The maximum Gasteiger partial charge on any atom is 0.152 e. The Morgan fingerprint density at radius 3 is 3.07 bits per heavy atom. The zero-order valence-corrected chi connectivity index (χ0v) is 8.98. The van der Waals surface area contributed by atoms with Crippen molar-refractivity contribution in [2.45, 2.75) is 13.3 Å². The minimum Gasteiger partial charge on any atom is -0.396 e. The molecule has 4 nitrogen and oxygen atoms in total. The Morgan fingerprint density at radius 1 is 1.60 bits per heavy atom. The quantitative estimate of drug-likeness (QED) is 0.752. The lowest BCUT2D eigenvalue weighted by atomic mass is 10.1. The first-order valence-corrected chi connectivity index (χ1v) is 5.29. The molecule has 0 amide bonds. The summed E-state index contributed by atoms with van der Waals surface area (Å²) in [5.41, 5.74) is 7.59. The van der Waals surface area contributed by atoms with Crippen LogP contribution in [0.3, 0.4) is 0 Å². The van der Waals surface area contributed by atoms with Crippen LogP contribution in [-0.4, -0.2) is 29.8 Å². The molecule has 1 saturated heterocycles. The molecule has 1 aliphatic heterocycles. The first-order valence-electron chi connectivity index (χ1n) is 5.29. The predicted molar refractivity (Wildman–Crippen MR) is 60.8 cm³/mol. The summed E-state index contributed by atoms with van der Waals surface area (Å²) in [6, 6.07) is 3.81. The molecule has 15 heavy (non-hydrogen) atoms. The van der Waals surface area contributed by atoms with Crippen molar-refractivity contribution in [1.82, 2.24) is 4.98 Å². The molecule has 0 spiro atoms. The average molecular weight is 207 g/mol. The van der Waals surface area contributed by atoms with Crippen LogP contribution < -0.4 is 10.6 Å². The van der Waals surface area contributed by atoms with Gasteiger partial charge in [0.25, 0.3) is 0 Å². The van der Waals surface area contributed by atoms with E-state index in [1.807, 2.05) is 19.1 Å². The second-order valence-corrected chi connectivity index (χ2v) is 4.15. The summed E-state index contributed by atoms with van der Waals surface area (Å²) in [5, 5.41) is 9.08. The van der Waals surface area contributed by atoms with E-state index in [-0.39, 0.29) is 6.61 Å². The molecule has 1 aliphatic rings. The second-order valence-electron chi connectivity index (χ2n) is 4.15. The molecule has 82 valence electrons. The number of nitrogens with two attached hydrogens (primary N) is 1. The number of anilines is 2. The maximum absolute atomic E-state index is 9.08. The molecule has 2 heterocycles. The van der Waals surface area contributed by atoms with Gasteiger partial charge in [-0.2, -0.15) is 0 Å².